The van der Waals surface area contributed by atoms with Gasteiger partial charge in [0.2, 0.25) is 0 Å². The van der Waals surface area contributed by atoms with Crippen LogP contribution in [0.1, 0.15) is 70.9 Å². The first-order valence-corrected chi connectivity index (χ1v) is 18.7. The highest BCUT2D eigenvalue weighted by Crippen LogP contribution is 2.40. The van der Waals surface area contributed by atoms with Gasteiger partial charge in [0.05, 0.1) is 17.6 Å². The second-order valence-corrected chi connectivity index (χ2v) is 16.0. The number of Topliss-reactive ketones (excluding diaryl/α,β-unsaturated/α-hetero) is 2. The summed E-state index contributed by atoms with van der Waals surface area (Å²) >= 11 is 3.06. The molecule has 1 aromatic heterocycles. The number of alkyl carbamates (subject to hydrolysis) is 2. The Morgan fingerprint density at radius 3 is 1.86 bits per heavy atom. The summed E-state index contributed by atoms with van der Waals surface area (Å²) in [4.78, 5) is 84.1. The maximum Gasteiger partial charge on any atom is 0.408 e. The van der Waals surface area contributed by atoms with Gasteiger partial charge in [-0.1, -0.05) is 40.2 Å². The Labute approximate surface area is 334 Å². The molecular formula is C39H45BrF2N4O11. The predicted octanol–water partition coefficient (Wildman–Crippen LogP) is 3.97. The van der Waals surface area contributed by atoms with Crippen molar-refractivity contribution in [2.75, 3.05) is 0 Å². The quantitative estimate of drug-likeness (QED) is 0.166. The summed E-state index contributed by atoms with van der Waals surface area (Å²) in [5.41, 5.74) is -6.19. The maximum absolute atomic E-state index is 14.7. The zero-order valence-corrected chi connectivity index (χ0v) is 33.6. The van der Waals surface area contributed by atoms with Crippen molar-refractivity contribution >= 4 is 45.8 Å². The van der Waals surface area contributed by atoms with Crippen LogP contribution in [0.2, 0.25) is 0 Å². The molecule has 3 aromatic rings. The number of nitrogens with one attached hydrogen (secondary N) is 3. The number of ketones is 2. The third-order valence-corrected chi connectivity index (χ3v) is 8.83. The third kappa shape index (κ3) is 12.0. The number of benzene rings is 2. The fourth-order valence-corrected chi connectivity index (χ4v) is 6.34. The van der Waals surface area contributed by atoms with E-state index >= 15 is 0 Å². The maximum atomic E-state index is 14.7. The fourth-order valence-electron chi connectivity index (χ4n) is 6.06. The summed E-state index contributed by atoms with van der Waals surface area (Å²) in [5, 5.41) is 29.1. The molecule has 308 valence electrons. The van der Waals surface area contributed by atoms with E-state index in [2.05, 4.69) is 31.5 Å². The van der Waals surface area contributed by atoms with E-state index in [9.17, 15) is 47.8 Å². The van der Waals surface area contributed by atoms with Gasteiger partial charge in [0, 0.05) is 12.6 Å². The van der Waals surface area contributed by atoms with E-state index in [1.54, 1.807) is 41.5 Å². The second kappa shape index (κ2) is 18.0. The second-order valence-electron chi connectivity index (χ2n) is 15.5. The van der Waals surface area contributed by atoms with E-state index in [4.69, 9.17) is 14.2 Å². The Morgan fingerprint density at radius 1 is 0.912 bits per heavy atom. The molecule has 3 unspecified atom stereocenters. The number of hydrogen-bond acceptors (Lipinski definition) is 11. The van der Waals surface area contributed by atoms with Crippen molar-refractivity contribution in [1.29, 1.82) is 0 Å². The van der Waals surface area contributed by atoms with E-state index in [-0.39, 0.29) is 18.4 Å². The van der Waals surface area contributed by atoms with Crippen LogP contribution >= 0.6 is 15.9 Å². The van der Waals surface area contributed by atoms with Crippen molar-refractivity contribution in [2.45, 2.75) is 108 Å². The number of aliphatic hydroxyl groups excluding tert-OH is 1. The molecule has 18 heteroatoms. The van der Waals surface area contributed by atoms with Gasteiger partial charge in [-0.3, -0.25) is 23.9 Å². The number of H-pyrrole nitrogens is 1. The van der Waals surface area contributed by atoms with E-state index < -0.39 is 100 Å². The third-order valence-electron chi connectivity index (χ3n) is 8.56. The molecule has 2 amide bonds. The SMILES string of the molecule is CC(C)(C)OC(=O)NC(Cc1ccc(F)cc1)C(=O)C(O)[C@H]1O[C@@H](n2cc(/C=C/Br)c(=O)[nH]c2=O)C[C@@]1(O)C(=O)C(Cc1ccc(F)cc1)NC(=O)OC(C)(C)C. The van der Waals surface area contributed by atoms with Crippen LogP contribution in [-0.2, 0) is 36.6 Å². The number of aromatic amines is 1. The Morgan fingerprint density at radius 2 is 1.39 bits per heavy atom. The summed E-state index contributed by atoms with van der Waals surface area (Å²) in [5.74, 6) is -3.57. The lowest BCUT2D eigenvalue weighted by atomic mass is 9.80. The standard InChI is InChI=1S/C39H45BrF2N4O11/c1-37(2,3)56-35(52)43-26(17-21-7-11-24(41)12-8-21)29(47)30(48)32-39(54,19-28(55-32)46-20-23(15-16-40)33(50)45-34(46)51)31(49)27(44-36(53)57-38(4,5)6)18-22-9-13-25(42)14-10-22/h7-16,20,26-28,30,32,48,54H,17-19H2,1-6H3,(H,43,52)(H,44,53)(H,45,50,51)/b16-15+/t26?,27?,28-,30?,32-,39-/m1/s1. The average Bonchev–Trinajstić information content (AvgIpc) is 3.46. The molecule has 1 aliphatic heterocycles. The minimum atomic E-state index is -2.90. The van der Waals surface area contributed by atoms with Crippen molar-refractivity contribution in [2.24, 2.45) is 0 Å². The van der Waals surface area contributed by atoms with Crippen LogP contribution in [0, 0.1) is 11.6 Å². The van der Waals surface area contributed by atoms with Crippen molar-refractivity contribution in [3.63, 3.8) is 0 Å². The molecule has 6 atom stereocenters. The number of aromatic nitrogens is 2. The van der Waals surface area contributed by atoms with Gasteiger partial charge in [-0.2, -0.15) is 0 Å². The smallest absolute Gasteiger partial charge is 0.408 e. The number of aliphatic hydroxyl groups is 2. The van der Waals surface area contributed by atoms with Crippen molar-refractivity contribution in [1.82, 2.24) is 20.2 Å². The van der Waals surface area contributed by atoms with Gasteiger partial charge >= 0.3 is 17.9 Å². The largest absolute Gasteiger partial charge is 0.444 e. The van der Waals surface area contributed by atoms with Crippen LogP contribution in [0.25, 0.3) is 6.08 Å². The number of amides is 2. The monoisotopic (exact) mass is 862 g/mol. The summed E-state index contributed by atoms with van der Waals surface area (Å²) in [6, 6.07) is 6.50. The molecule has 1 fully saturated rings. The number of nitrogens with zero attached hydrogens (tertiary/aromatic N) is 1. The highest BCUT2D eigenvalue weighted by Gasteiger charge is 2.59. The molecule has 2 aromatic carbocycles. The number of hydrogen-bond donors (Lipinski definition) is 5. The molecule has 0 saturated carbocycles. The molecule has 15 nitrogen and oxygen atoms in total. The molecular weight excluding hydrogens is 818 g/mol. The van der Waals surface area contributed by atoms with Crippen LogP contribution < -0.4 is 21.9 Å². The Bertz CT molecular complexity index is 2090. The Kier molecular flexibility index (Phi) is 14.1. The van der Waals surface area contributed by atoms with E-state index in [0.29, 0.717) is 11.1 Å². The summed E-state index contributed by atoms with van der Waals surface area (Å²) in [6.07, 6.45) is -7.53. The van der Waals surface area contributed by atoms with E-state index in [1.165, 1.54) is 35.3 Å². The van der Waals surface area contributed by atoms with Gasteiger partial charge in [0.15, 0.2) is 17.2 Å². The molecule has 4 rings (SSSR count). The molecule has 5 N–H and O–H groups in total. The van der Waals surface area contributed by atoms with Gasteiger partial charge in [0.25, 0.3) is 5.56 Å². The number of carbonyl (C=O) groups is 4. The summed E-state index contributed by atoms with van der Waals surface area (Å²) < 4.78 is 45.1. The van der Waals surface area contributed by atoms with Gasteiger partial charge in [-0.05, 0) is 101 Å². The topological polar surface area (TPSA) is 215 Å². The lowest BCUT2D eigenvalue weighted by Crippen LogP contribution is -2.62. The minimum absolute atomic E-state index is 0.0632. The first-order valence-electron chi connectivity index (χ1n) is 17.7. The summed E-state index contributed by atoms with van der Waals surface area (Å²) in [6.45, 7) is 9.42. The summed E-state index contributed by atoms with van der Waals surface area (Å²) in [7, 11) is 0. The first-order chi connectivity index (χ1) is 26.5. The highest BCUT2D eigenvalue weighted by molar-refractivity contribution is 9.11. The lowest BCUT2D eigenvalue weighted by Gasteiger charge is -2.34. The van der Waals surface area contributed by atoms with E-state index in [0.717, 1.165) is 35.0 Å². The van der Waals surface area contributed by atoms with Gasteiger partial charge in [0.1, 0.15) is 41.3 Å². The zero-order valence-electron chi connectivity index (χ0n) is 32.0. The van der Waals surface area contributed by atoms with Crippen LogP contribution in [0.3, 0.4) is 0 Å². The van der Waals surface area contributed by atoms with Crippen LogP contribution in [0.15, 0.2) is 69.3 Å². The first kappa shape index (κ1) is 44.7. The molecule has 0 spiro atoms. The van der Waals surface area contributed by atoms with Crippen LogP contribution in [0.4, 0.5) is 18.4 Å². The normalized spacial score (nSPS) is 20.1. The van der Waals surface area contributed by atoms with Gasteiger partial charge < -0.3 is 35.1 Å². The van der Waals surface area contributed by atoms with Crippen molar-refractivity contribution < 1.29 is 52.4 Å². The molecule has 57 heavy (non-hydrogen) atoms. The molecule has 1 aliphatic rings. The Hall–Kier alpha value is -5.04. The minimum Gasteiger partial charge on any atom is -0.444 e. The van der Waals surface area contributed by atoms with E-state index in [1.807, 2.05) is 0 Å². The molecule has 1 saturated heterocycles. The van der Waals surface area contributed by atoms with Gasteiger partial charge in [-0.25, -0.2) is 23.2 Å². The number of ether oxygens (including phenoxy) is 3. The fraction of sp³-hybridized carbons (Fsp3) is 0.436. The number of rotatable bonds is 13. The lowest BCUT2D eigenvalue weighted by molar-refractivity contribution is -0.163. The average molecular weight is 864 g/mol. The molecule has 0 bridgehead atoms. The van der Waals surface area contributed by atoms with Crippen LogP contribution in [0.5, 0.6) is 0 Å². The number of carbonyl (C=O) groups excluding carboxylic acids is 4. The van der Waals surface area contributed by atoms with Gasteiger partial charge in [-0.15, -0.1) is 0 Å². The highest BCUT2D eigenvalue weighted by atomic mass is 79.9. The number of halogens is 3. The molecule has 2 heterocycles. The van der Waals surface area contributed by atoms with Crippen molar-refractivity contribution in [3.05, 3.63) is 109 Å². The Balaban J connectivity index is 1.83. The van der Waals surface area contributed by atoms with Crippen molar-refractivity contribution in [3.8, 4) is 0 Å². The van der Waals surface area contributed by atoms with Crippen LogP contribution in [-0.4, -0.2) is 84.6 Å². The molecule has 0 radical (unpaired) electrons. The predicted molar refractivity (Wildman–Crippen MR) is 205 cm³/mol. The molecule has 0 aliphatic carbocycles. The zero-order chi connectivity index (χ0) is 42.5.